The Morgan fingerprint density at radius 2 is 1.90 bits per heavy atom. The molecule has 1 fully saturated rings. The number of pyridine rings is 1. The number of hydrogen-bond donors (Lipinski definition) is 1. The molecular weight excluding hydrogens is 390 g/mol. The first-order valence-corrected chi connectivity index (χ1v) is 10.3. The summed E-state index contributed by atoms with van der Waals surface area (Å²) in [5.41, 5.74) is 2.55. The zero-order chi connectivity index (χ0) is 21.6. The zero-order valence-corrected chi connectivity index (χ0v) is 17.4. The maximum atomic E-state index is 13.2. The van der Waals surface area contributed by atoms with Crippen LogP contribution >= 0.6 is 0 Å². The number of hydrogen-bond acceptors (Lipinski definition) is 4. The van der Waals surface area contributed by atoms with E-state index in [-0.39, 0.29) is 23.7 Å². The smallest absolute Gasteiger partial charge is 0.253 e. The molecule has 3 aromatic rings. The van der Waals surface area contributed by atoms with Crippen molar-refractivity contribution in [2.75, 3.05) is 20.2 Å². The zero-order valence-electron chi connectivity index (χ0n) is 17.4. The molecule has 6 nitrogen and oxygen atoms in total. The number of ether oxygens (including phenoxy) is 1. The van der Waals surface area contributed by atoms with E-state index >= 15 is 0 Å². The maximum Gasteiger partial charge on any atom is 0.253 e. The van der Waals surface area contributed by atoms with Gasteiger partial charge in [0.1, 0.15) is 5.75 Å². The van der Waals surface area contributed by atoms with Crippen LogP contribution in [0, 0.1) is 5.92 Å². The van der Waals surface area contributed by atoms with E-state index in [1.54, 1.807) is 36.5 Å². The predicted octanol–water partition coefficient (Wildman–Crippen LogP) is 3.26. The molecular formula is C25H25N3O3. The third-order valence-corrected chi connectivity index (χ3v) is 5.68. The largest absolute Gasteiger partial charge is 0.497 e. The van der Waals surface area contributed by atoms with E-state index in [4.69, 9.17) is 4.74 Å². The fraction of sp³-hybridized carbons (Fsp3) is 0.240. The first-order chi connectivity index (χ1) is 15.2. The summed E-state index contributed by atoms with van der Waals surface area (Å²) in [4.78, 5) is 32.1. The molecule has 2 amide bonds. The molecule has 4 rings (SSSR count). The second kappa shape index (κ2) is 9.43. The molecule has 158 valence electrons. The summed E-state index contributed by atoms with van der Waals surface area (Å²) in [6, 6.07) is 20.7. The monoisotopic (exact) mass is 415 g/mol. The van der Waals surface area contributed by atoms with Gasteiger partial charge in [-0.2, -0.15) is 0 Å². The van der Waals surface area contributed by atoms with E-state index in [0.717, 1.165) is 16.9 Å². The van der Waals surface area contributed by atoms with E-state index in [2.05, 4.69) is 10.3 Å². The molecule has 2 heterocycles. The molecule has 1 N–H and O–H groups in total. The third-order valence-electron chi connectivity index (χ3n) is 5.68. The molecule has 0 bridgehead atoms. The Morgan fingerprint density at radius 1 is 1.06 bits per heavy atom. The Balaban J connectivity index is 1.56. The summed E-state index contributed by atoms with van der Waals surface area (Å²) in [5.74, 6) is 0.143. The first-order valence-electron chi connectivity index (χ1n) is 10.3. The first kappa shape index (κ1) is 20.6. The van der Waals surface area contributed by atoms with Gasteiger partial charge in [-0.05, 0) is 41.5 Å². The van der Waals surface area contributed by atoms with Crippen LogP contribution in [0.25, 0.3) is 0 Å². The number of likely N-dealkylation sites (tertiary alicyclic amines) is 1. The Labute approximate surface area is 181 Å². The van der Waals surface area contributed by atoms with Crippen molar-refractivity contribution in [3.8, 4) is 5.75 Å². The van der Waals surface area contributed by atoms with Gasteiger partial charge in [0, 0.05) is 43.5 Å². The van der Waals surface area contributed by atoms with Crippen LogP contribution < -0.4 is 10.1 Å². The van der Waals surface area contributed by atoms with Crippen LogP contribution in [0.15, 0.2) is 79.1 Å². The lowest BCUT2D eigenvalue weighted by Crippen LogP contribution is -2.35. The van der Waals surface area contributed by atoms with Crippen LogP contribution in [0.3, 0.4) is 0 Å². The number of aromatic nitrogens is 1. The summed E-state index contributed by atoms with van der Waals surface area (Å²) in [7, 11) is 1.62. The standard InChI is InChI=1S/C25H25N3O3/c1-31-21-11-5-10-20(13-21)22-16-28(25(30)19-8-3-2-4-9-19)17-23(22)24(29)27-15-18-7-6-12-26-14-18/h2-14,22-23H,15-17H2,1H3,(H,27,29). The van der Waals surface area contributed by atoms with Gasteiger partial charge < -0.3 is 15.0 Å². The van der Waals surface area contributed by atoms with Crippen molar-refractivity contribution in [1.82, 2.24) is 15.2 Å². The van der Waals surface area contributed by atoms with E-state index < -0.39 is 0 Å². The molecule has 0 spiro atoms. The van der Waals surface area contributed by atoms with Crippen LogP contribution in [0.5, 0.6) is 5.75 Å². The summed E-state index contributed by atoms with van der Waals surface area (Å²) < 4.78 is 5.37. The second-order valence-electron chi connectivity index (χ2n) is 7.64. The summed E-state index contributed by atoms with van der Waals surface area (Å²) in [6.07, 6.45) is 3.44. The molecule has 2 atom stereocenters. The number of methoxy groups -OCH3 is 1. The van der Waals surface area contributed by atoms with Crippen LogP contribution in [0.2, 0.25) is 0 Å². The number of nitrogens with one attached hydrogen (secondary N) is 1. The van der Waals surface area contributed by atoms with Crippen molar-refractivity contribution in [3.63, 3.8) is 0 Å². The molecule has 1 aromatic heterocycles. The minimum absolute atomic E-state index is 0.0592. The minimum atomic E-state index is -0.351. The van der Waals surface area contributed by atoms with Gasteiger partial charge >= 0.3 is 0 Å². The lowest BCUT2D eigenvalue weighted by atomic mass is 9.88. The molecule has 1 saturated heterocycles. The number of carbonyl (C=O) groups is 2. The summed E-state index contributed by atoms with van der Waals surface area (Å²) >= 11 is 0. The molecule has 1 aliphatic heterocycles. The molecule has 6 heteroatoms. The van der Waals surface area contributed by atoms with Crippen molar-refractivity contribution in [3.05, 3.63) is 95.8 Å². The van der Waals surface area contributed by atoms with Gasteiger partial charge in [-0.25, -0.2) is 0 Å². The highest BCUT2D eigenvalue weighted by Gasteiger charge is 2.40. The average molecular weight is 415 g/mol. The lowest BCUT2D eigenvalue weighted by molar-refractivity contribution is -0.125. The SMILES string of the molecule is COc1cccc(C2CN(C(=O)c3ccccc3)CC2C(=O)NCc2cccnc2)c1. The molecule has 0 radical (unpaired) electrons. The highest BCUT2D eigenvalue weighted by Crippen LogP contribution is 2.35. The van der Waals surface area contributed by atoms with Crippen LogP contribution in [0.4, 0.5) is 0 Å². The van der Waals surface area contributed by atoms with E-state index in [9.17, 15) is 9.59 Å². The number of benzene rings is 2. The third kappa shape index (κ3) is 4.74. The van der Waals surface area contributed by atoms with Crippen molar-refractivity contribution in [2.45, 2.75) is 12.5 Å². The van der Waals surface area contributed by atoms with Crippen LogP contribution in [-0.4, -0.2) is 41.9 Å². The quantitative estimate of drug-likeness (QED) is 0.671. The molecule has 0 saturated carbocycles. The minimum Gasteiger partial charge on any atom is -0.497 e. The van der Waals surface area contributed by atoms with Crippen LogP contribution in [0.1, 0.15) is 27.4 Å². The Morgan fingerprint density at radius 3 is 2.65 bits per heavy atom. The van der Waals surface area contributed by atoms with Crippen molar-refractivity contribution in [1.29, 1.82) is 0 Å². The second-order valence-corrected chi connectivity index (χ2v) is 7.64. The fourth-order valence-corrected chi connectivity index (χ4v) is 4.03. The summed E-state index contributed by atoms with van der Waals surface area (Å²) in [5, 5.41) is 3.02. The average Bonchev–Trinajstić information content (AvgIpc) is 3.29. The predicted molar refractivity (Wildman–Crippen MR) is 118 cm³/mol. The van der Waals surface area contributed by atoms with Crippen LogP contribution in [-0.2, 0) is 11.3 Å². The van der Waals surface area contributed by atoms with Gasteiger partial charge in [-0.15, -0.1) is 0 Å². The maximum absolute atomic E-state index is 13.2. The van der Waals surface area contributed by atoms with Gasteiger partial charge in [0.05, 0.1) is 13.0 Å². The highest BCUT2D eigenvalue weighted by molar-refractivity contribution is 5.95. The van der Waals surface area contributed by atoms with Gasteiger partial charge in [0.2, 0.25) is 5.91 Å². The molecule has 2 unspecified atom stereocenters. The Kier molecular flexibility index (Phi) is 6.26. The number of amides is 2. The Hall–Kier alpha value is -3.67. The van der Waals surface area contributed by atoms with Crippen molar-refractivity contribution in [2.24, 2.45) is 5.92 Å². The lowest BCUT2D eigenvalue weighted by Gasteiger charge is -2.18. The van der Waals surface area contributed by atoms with Crippen molar-refractivity contribution < 1.29 is 14.3 Å². The van der Waals surface area contributed by atoms with E-state index in [0.29, 0.717) is 25.2 Å². The molecule has 2 aromatic carbocycles. The molecule has 31 heavy (non-hydrogen) atoms. The van der Waals surface area contributed by atoms with E-state index in [1.165, 1.54) is 0 Å². The van der Waals surface area contributed by atoms with Gasteiger partial charge in [0.25, 0.3) is 5.91 Å². The van der Waals surface area contributed by atoms with Gasteiger partial charge in [-0.3, -0.25) is 14.6 Å². The number of nitrogens with zero attached hydrogens (tertiary/aromatic N) is 2. The molecule has 0 aliphatic carbocycles. The topological polar surface area (TPSA) is 71.5 Å². The van der Waals surface area contributed by atoms with Gasteiger partial charge in [0.15, 0.2) is 0 Å². The fourth-order valence-electron chi connectivity index (χ4n) is 4.03. The highest BCUT2D eigenvalue weighted by atomic mass is 16.5. The normalized spacial score (nSPS) is 17.9. The van der Waals surface area contributed by atoms with Gasteiger partial charge in [-0.1, -0.05) is 36.4 Å². The summed E-state index contributed by atoms with van der Waals surface area (Å²) in [6.45, 7) is 1.25. The Bertz CT molecular complexity index is 1040. The number of carbonyl (C=O) groups excluding carboxylic acids is 2. The van der Waals surface area contributed by atoms with Crippen molar-refractivity contribution >= 4 is 11.8 Å². The molecule has 1 aliphatic rings. The number of rotatable bonds is 6. The van der Waals surface area contributed by atoms with E-state index in [1.807, 2.05) is 54.6 Å².